The van der Waals surface area contributed by atoms with Gasteiger partial charge in [0.15, 0.2) is 5.96 Å². The number of hydrogen-bond donors (Lipinski definition) is 15. The van der Waals surface area contributed by atoms with Gasteiger partial charge in [-0.3, -0.25) is 67.3 Å². The van der Waals surface area contributed by atoms with Crippen LogP contribution in [0.4, 0.5) is 0 Å². The third-order valence-corrected chi connectivity index (χ3v) is 16.7. The molecular weight excluding hydrogens is 1250 g/mol. The van der Waals surface area contributed by atoms with E-state index in [1.54, 1.807) is 60.7 Å². The van der Waals surface area contributed by atoms with Crippen LogP contribution in [0, 0.1) is 5.92 Å². The van der Waals surface area contributed by atoms with E-state index in [-0.39, 0.29) is 83.0 Å². The molecule has 31 nitrogen and oxygen atoms in total. The normalized spacial score (nSPS) is 16.8. The maximum atomic E-state index is 14.7. The molecule has 0 radical (unpaired) electrons. The molecule has 4 rings (SSSR count). The lowest BCUT2D eigenvalue weighted by molar-refractivity contribution is -0.144. The molecular formula is C63H98N18O13S. The lowest BCUT2D eigenvalue weighted by Gasteiger charge is -2.32. The Morgan fingerprint density at radius 3 is 1.51 bits per heavy atom. The molecule has 524 valence electrons. The summed E-state index contributed by atoms with van der Waals surface area (Å²) in [5.74, 6) is -9.80. The molecule has 2 aliphatic heterocycles. The fourth-order valence-corrected chi connectivity index (χ4v) is 11.5. The molecule has 95 heavy (non-hydrogen) atoms. The van der Waals surface area contributed by atoms with E-state index in [4.69, 9.17) is 40.1 Å². The number of carbonyl (C=O) groups excluding carboxylic acids is 13. The van der Waals surface area contributed by atoms with Gasteiger partial charge < -0.3 is 92.5 Å². The number of primary amides is 3. The van der Waals surface area contributed by atoms with Crippen LogP contribution >= 0.6 is 11.8 Å². The van der Waals surface area contributed by atoms with Crippen LogP contribution in [0.2, 0.25) is 0 Å². The first-order chi connectivity index (χ1) is 45.2. The average Bonchev–Trinajstić information content (AvgIpc) is 1.74. The highest BCUT2D eigenvalue weighted by molar-refractivity contribution is 7.98. The van der Waals surface area contributed by atoms with Crippen molar-refractivity contribution < 1.29 is 62.3 Å². The van der Waals surface area contributed by atoms with Gasteiger partial charge in [0.05, 0.1) is 12.6 Å². The third-order valence-electron chi connectivity index (χ3n) is 16.0. The topological polar surface area (TPSA) is 519 Å². The second-order valence-electron chi connectivity index (χ2n) is 24.1. The molecule has 0 saturated carbocycles. The number of amides is 13. The quantitative estimate of drug-likeness (QED) is 0.0173. The Kier molecular flexibility index (Phi) is 33.9. The van der Waals surface area contributed by atoms with E-state index in [1.807, 2.05) is 20.1 Å². The second-order valence-corrected chi connectivity index (χ2v) is 25.1. The number of carbonyl (C=O) groups is 13. The number of nitrogens with two attached hydrogens (primary N) is 7. The number of unbranched alkanes of at least 4 members (excludes halogenated alkanes) is 1. The Hall–Kier alpha value is -8.91. The van der Waals surface area contributed by atoms with Crippen LogP contribution in [-0.2, 0) is 75.2 Å². The molecule has 0 bridgehead atoms. The molecule has 2 aromatic carbocycles. The maximum absolute atomic E-state index is 14.7. The summed E-state index contributed by atoms with van der Waals surface area (Å²) in [6.07, 6.45) is 3.12. The van der Waals surface area contributed by atoms with E-state index < -0.39 is 169 Å². The summed E-state index contributed by atoms with van der Waals surface area (Å²) in [6.45, 7) is 3.86. The van der Waals surface area contributed by atoms with E-state index in [0.717, 1.165) is 0 Å². The molecule has 0 aliphatic carbocycles. The van der Waals surface area contributed by atoms with Crippen LogP contribution in [0.15, 0.2) is 65.7 Å². The van der Waals surface area contributed by atoms with Gasteiger partial charge in [0.1, 0.15) is 54.4 Å². The Labute approximate surface area is 558 Å². The van der Waals surface area contributed by atoms with Gasteiger partial charge in [-0.1, -0.05) is 74.5 Å². The molecule has 0 unspecified atom stereocenters. The fourth-order valence-electron chi connectivity index (χ4n) is 11.0. The number of benzene rings is 2. The number of aliphatic imine (C=N–C) groups is 1. The van der Waals surface area contributed by atoms with Gasteiger partial charge in [0, 0.05) is 45.3 Å². The maximum Gasteiger partial charge on any atom is 0.245 e. The molecule has 13 amide bonds. The highest BCUT2D eigenvalue weighted by Gasteiger charge is 2.42. The summed E-state index contributed by atoms with van der Waals surface area (Å²) in [6, 6.07) is 4.51. The molecule has 0 spiro atoms. The van der Waals surface area contributed by atoms with Gasteiger partial charge in [-0.2, -0.15) is 11.8 Å². The van der Waals surface area contributed by atoms with Crippen molar-refractivity contribution in [1.82, 2.24) is 52.3 Å². The van der Waals surface area contributed by atoms with E-state index in [9.17, 15) is 62.3 Å². The summed E-state index contributed by atoms with van der Waals surface area (Å²) >= 11 is 1.45. The Morgan fingerprint density at radius 1 is 0.537 bits per heavy atom. The molecule has 10 atom stereocenters. The molecule has 2 aromatic rings. The van der Waals surface area contributed by atoms with E-state index in [0.29, 0.717) is 55.4 Å². The van der Waals surface area contributed by atoms with Crippen molar-refractivity contribution in [3.05, 3.63) is 71.8 Å². The number of guanidine groups is 1. The van der Waals surface area contributed by atoms with Crippen LogP contribution in [-0.4, -0.2) is 198 Å². The number of thioether (sulfide) groups is 1. The number of hydrogen-bond acceptors (Lipinski definition) is 17. The van der Waals surface area contributed by atoms with E-state index >= 15 is 0 Å². The minimum absolute atomic E-state index is 0.0736. The first kappa shape index (κ1) is 78.5. The van der Waals surface area contributed by atoms with Crippen LogP contribution < -0.4 is 82.7 Å². The standard InChI is InChI=1S/C63H98N18O13S/c1-37(2)33-45(57(89)74-41(53(68)85)27-32-95-3)73-52(84)36-72-54(86)46(34-38-15-6-4-7-16-38)78-58(90)47(35-39-17-8-5-9-18-39)79-56(88)42(23-25-50(66)82)75-55(87)43(24-26-51(67)83)76-59(91)49-22-14-31-81(49)62(94)44(20-10-11-28-64)77-60(92)48-21-13-30-80(48)61(93)40(65)19-12-29-71-63(69)70/h4-9,15-18,37,40-49H,10-14,19-36,64-65H2,1-3H3,(H2,66,82)(H2,67,83)(H2,68,85)(H,72,86)(H,73,84)(H,74,89)(H,75,87)(H,76,91)(H,77,92)(H,78,90)(H,79,88)(H4,69,70,71)/t40-,41-,42+,43+,44+,45+,46+,47-,48+,49-/m0/s1. The highest BCUT2D eigenvalue weighted by atomic mass is 32.2. The smallest absolute Gasteiger partial charge is 0.245 e. The zero-order chi connectivity index (χ0) is 70.1. The molecule has 32 heteroatoms. The lowest BCUT2D eigenvalue weighted by atomic mass is 10.0. The summed E-state index contributed by atoms with van der Waals surface area (Å²) in [5, 5.41) is 21.1. The summed E-state index contributed by atoms with van der Waals surface area (Å²) < 4.78 is 0. The average molecular weight is 1350 g/mol. The van der Waals surface area contributed by atoms with Gasteiger partial charge in [-0.05, 0) is 119 Å². The number of rotatable bonds is 42. The summed E-state index contributed by atoms with van der Waals surface area (Å²) in [5.41, 5.74) is 40.6. The Bertz CT molecular complexity index is 2960. The Balaban J connectivity index is 1.56. The number of likely N-dealkylation sites (tertiary alicyclic amines) is 2. The van der Waals surface area contributed by atoms with Crippen molar-refractivity contribution in [2.75, 3.05) is 44.7 Å². The van der Waals surface area contributed by atoms with Crippen LogP contribution in [0.5, 0.6) is 0 Å². The first-order valence-electron chi connectivity index (χ1n) is 32.2. The van der Waals surface area contributed by atoms with Gasteiger partial charge in [-0.15, -0.1) is 0 Å². The predicted octanol–water partition coefficient (Wildman–Crippen LogP) is -3.71. The van der Waals surface area contributed by atoms with Gasteiger partial charge in [0.25, 0.3) is 0 Å². The lowest BCUT2D eigenvalue weighted by Crippen LogP contribution is -2.60. The van der Waals surface area contributed by atoms with Crippen molar-refractivity contribution in [2.45, 2.75) is 183 Å². The zero-order valence-electron chi connectivity index (χ0n) is 54.5. The molecule has 2 saturated heterocycles. The third kappa shape index (κ3) is 27.5. The SMILES string of the molecule is CSCC[C@H](NC(=O)[C@@H](CC(C)C)NC(=O)CNC(=O)[C@@H](Cc1ccccc1)NC(=O)[C@H](Cc1ccccc1)NC(=O)[C@@H](CCC(N)=O)NC(=O)[C@@H](CCC(N)=O)NC(=O)[C@@H]1CCCN1C(=O)[C@@H](CCCCN)NC(=O)[C@H]1CCCN1C(=O)[C@@H](N)CCCN=C(N)N)C(N)=O. The number of nitrogens with one attached hydrogen (secondary N) is 8. The second kappa shape index (κ2) is 41.0. The van der Waals surface area contributed by atoms with Crippen molar-refractivity contribution in [1.29, 1.82) is 0 Å². The van der Waals surface area contributed by atoms with E-state index in [1.165, 1.54) is 21.6 Å². The fraction of sp³-hybridized carbons (Fsp3) is 0.587. The molecule has 2 fully saturated rings. The predicted molar refractivity (Wildman–Crippen MR) is 356 cm³/mol. The van der Waals surface area contributed by atoms with Gasteiger partial charge in [0.2, 0.25) is 76.8 Å². The molecule has 2 heterocycles. The highest BCUT2D eigenvalue weighted by Crippen LogP contribution is 2.24. The van der Waals surface area contributed by atoms with E-state index in [2.05, 4.69) is 47.5 Å². The van der Waals surface area contributed by atoms with Gasteiger partial charge >= 0.3 is 0 Å². The first-order valence-corrected chi connectivity index (χ1v) is 33.6. The monoisotopic (exact) mass is 1350 g/mol. The van der Waals surface area contributed by atoms with Crippen molar-refractivity contribution >= 4 is 94.5 Å². The zero-order valence-corrected chi connectivity index (χ0v) is 55.3. The van der Waals surface area contributed by atoms with Crippen molar-refractivity contribution in [3.8, 4) is 0 Å². The van der Waals surface area contributed by atoms with Crippen molar-refractivity contribution in [3.63, 3.8) is 0 Å². The number of nitrogens with zero attached hydrogens (tertiary/aromatic N) is 3. The molecule has 2 aliphatic rings. The minimum atomic E-state index is -1.64. The van der Waals surface area contributed by atoms with Crippen molar-refractivity contribution in [2.24, 2.45) is 51.0 Å². The largest absolute Gasteiger partial charge is 0.370 e. The minimum Gasteiger partial charge on any atom is -0.370 e. The summed E-state index contributed by atoms with van der Waals surface area (Å²) in [7, 11) is 0. The summed E-state index contributed by atoms with van der Waals surface area (Å²) in [4.78, 5) is 185. The van der Waals surface area contributed by atoms with Crippen LogP contribution in [0.1, 0.15) is 121 Å². The van der Waals surface area contributed by atoms with Crippen LogP contribution in [0.25, 0.3) is 0 Å². The van der Waals surface area contributed by atoms with Gasteiger partial charge in [-0.25, -0.2) is 0 Å². The Morgan fingerprint density at radius 2 is 1.01 bits per heavy atom. The molecule has 22 N–H and O–H groups in total. The van der Waals surface area contributed by atoms with Crippen LogP contribution in [0.3, 0.4) is 0 Å². The molecule has 0 aromatic heterocycles.